The van der Waals surface area contributed by atoms with Gasteiger partial charge in [-0.2, -0.15) is 5.10 Å². The molecule has 0 aliphatic heterocycles. The fraction of sp³-hybridized carbons (Fsp3) is 0.333. The van der Waals surface area contributed by atoms with Gasteiger partial charge in [-0.1, -0.05) is 0 Å². The van der Waals surface area contributed by atoms with E-state index in [2.05, 4.69) is 15.7 Å². The Labute approximate surface area is 133 Å². The molecule has 0 aliphatic rings. The zero-order chi connectivity index (χ0) is 16.3. The van der Waals surface area contributed by atoms with Crippen LogP contribution in [0.3, 0.4) is 0 Å². The number of hydrogen-bond acceptors (Lipinski definition) is 2. The van der Waals surface area contributed by atoms with Gasteiger partial charge in [-0.3, -0.25) is 4.68 Å². The molecule has 2 rings (SSSR count). The largest absolute Gasteiger partial charge is 0.356 e. The minimum absolute atomic E-state index is 0.0798. The van der Waals surface area contributed by atoms with E-state index in [0.29, 0.717) is 0 Å². The molecule has 22 heavy (non-hydrogen) atoms. The summed E-state index contributed by atoms with van der Waals surface area (Å²) in [6.07, 6.45) is 1.79. The van der Waals surface area contributed by atoms with Crippen LogP contribution in [0.25, 0.3) is 0 Å². The van der Waals surface area contributed by atoms with Crippen molar-refractivity contribution in [1.82, 2.24) is 15.1 Å². The van der Waals surface area contributed by atoms with E-state index in [-0.39, 0.29) is 16.8 Å². The maximum atomic E-state index is 13.6. The molecule has 0 amide bonds. The number of aryl methyl sites for hydroxylation is 1. The molecule has 1 heterocycles. The fourth-order valence-electron chi connectivity index (χ4n) is 2.23. The molecule has 0 aliphatic carbocycles. The van der Waals surface area contributed by atoms with Crippen molar-refractivity contribution in [2.45, 2.75) is 33.4 Å². The van der Waals surface area contributed by atoms with Crippen molar-refractivity contribution in [1.29, 1.82) is 0 Å². The van der Waals surface area contributed by atoms with Crippen LogP contribution >= 0.6 is 12.2 Å². The van der Waals surface area contributed by atoms with Gasteiger partial charge in [0.1, 0.15) is 11.6 Å². The lowest BCUT2D eigenvalue weighted by molar-refractivity contribution is 0.586. The molecule has 0 saturated heterocycles. The van der Waals surface area contributed by atoms with Gasteiger partial charge in [-0.15, -0.1) is 0 Å². The summed E-state index contributed by atoms with van der Waals surface area (Å²) in [6, 6.07) is 3.21. The van der Waals surface area contributed by atoms with Crippen molar-refractivity contribution in [2.24, 2.45) is 0 Å². The van der Waals surface area contributed by atoms with Gasteiger partial charge in [0.05, 0.1) is 17.9 Å². The zero-order valence-corrected chi connectivity index (χ0v) is 13.5. The number of anilines is 1. The monoisotopic (exact) mass is 324 g/mol. The second kappa shape index (κ2) is 6.83. The number of hydrogen-bond donors (Lipinski definition) is 2. The Morgan fingerprint density at radius 1 is 1.41 bits per heavy atom. The first kappa shape index (κ1) is 16.4. The third kappa shape index (κ3) is 3.59. The molecule has 0 fully saturated rings. The lowest BCUT2D eigenvalue weighted by atomic mass is 10.1. The van der Waals surface area contributed by atoms with Crippen molar-refractivity contribution >= 4 is 23.0 Å². The number of halogens is 2. The maximum absolute atomic E-state index is 13.6. The first-order valence-electron chi connectivity index (χ1n) is 6.97. The Balaban J connectivity index is 2.03. The Bertz CT molecular complexity index is 684. The normalized spacial score (nSPS) is 12.0. The fourth-order valence-corrected chi connectivity index (χ4v) is 2.52. The highest BCUT2D eigenvalue weighted by atomic mass is 32.1. The lowest BCUT2D eigenvalue weighted by Crippen LogP contribution is -2.31. The van der Waals surface area contributed by atoms with Gasteiger partial charge in [0.25, 0.3) is 0 Å². The van der Waals surface area contributed by atoms with Crippen molar-refractivity contribution in [3.05, 3.63) is 47.3 Å². The second-order valence-corrected chi connectivity index (χ2v) is 5.35. The summed E-state index contributed by atoms with van der Waals surface area (Å²) in [7, 11) is 0. The number of aromatic nitrogens is 2. The molecule has 4 nitrogen and oxygen atoms in total. The van der Waals surface area contributed by atoms with Gasteiger partial charge < -0.3 is 10.6 Å². The molecule has 1 atom stereocenters. The van der Waals surface area contributed by atoms with Gasteiger partial charge in [0, 0.05) is 23.9 Å². The van der Waals surface area contributed by atoms with Crippen LogP contribution in [-0.2, 0) is 6.54 Å². The summed E-state index contributed by atoms with van der Waals surface area (Å²) < 4.78 is 28.3. The van der Waals surface area contributed by atoms with E-state index in [1.807, 2.05) is 25.5 Å². The molecule has 2 aromatic rings. The van der Waals surface area contributed by atoms with Crippen LogP contribution in [0.1, 0.15) is 31.1 Å². The summed E-state index contributed by atoms with van der Waals surface area (Å²) in [5.74, 6) is -1.32. The third-order valence-corrected chi connectivity index (χ3v) is 3.65. The Morgan fingerprint density at radius 3 is 2.73 bits per heavy atom. The van der Waals surface area contributed by atoms with Crippen LogP contribution in [-0.4, -0.2) is 14.9 Å². The average molecular weight is 324 g/mol. The highest BCUT2D eigenvalue weighted by molar-refractivity contribution is 7.80. The number of thiocarbonyl (C=S) groups is 1. The molecule has 0 radical (unpaired) electrons. The molecular formula is C15H18F2N4S. The maximum Gasteiger partial charge on any atom is 0.171 e. The molecule has 2 N–H and O–H groups in total. The van der Waals surface area contributed by atoms with Crippen LogP contribution in [0.2, 0.25) is 0 Å². The van der Waals surface area contributed by atoms with Crippen molar-refractivity contribution in [3.63, 3.8) is 0 Å². The number of rotatable bonds is 4. The van der Waals surface area contributed by atoms with Crippen LogP contribution in [0.15, 0.2) is 24.4 Å². The summed E-state index contributed by atoms with van der Waals surface area (Å²) in [4.78, 5) is 0. The molecule has 1 aromatic heterocycles. The average Bonchev–Trinajstić information content (AvgIpc) is 2.83. The van der Waals surface area contributed by atoms with Gasteiger partial charge in [-0.25, -0.2) is 8.78 Å². The molecule has 7 heteroatoms. The Morgan fingerprint density at radius 2 is 2.14 bits per heavy atom. The van der Waals surface area contributed by atoms with E-state index in [9.17, 15) is 8.78 Å². The molecule has 0 bridgehead atoms. The van der Waals surface area contributed by atoms with Gasteiger partial charge >= 0.3 is 0 Å². The highest BCUT2D eigenvalue weighted by Gasteiger charge is 2.14. The van der Waals surface area contributed by atoms with Crippen LogP contribution in [0.5, 0.6) is 0 Å². The minimum Gasteiger partial charge on any atom is -0.356 e. The van der Waals surface area contributed by atoms with Crippen LogP contribution in [0.4, 0.5) is 14.5 Å². The molecule has 0 saturated carbocycles. The van der Waals surface area contributed by atoms with E-state index in [4.69, 9.17) is 12.2 Å². The van der Waals surface area contributed by atoms with E-state index >= 15 is 0 Å². The first-order valence-corrected chi connectivity index (χ1v) is 7.38. The Hall–Kier alpha value is -2.02. The van der Waals surface area contributed by atoms with Crippen molar-refractivity contribution in [3.8, 4) is 0 Å². The van der Waals surface area contributed by atoms with Crippen molar-refractivity contribution in [2.75, 3.05) is 5.32 Å². The molecule has 1 unspecified atom stereocenters. The Kier molecular flexibility index (Phi) is 5.07. The van der Waals surface area contributed by atoms with Gasteiger partial charge in [0.2, 0.25) is 0 Å². The summed E-state index contributed by atoms with van der Waals surface area (Å²) in [5, 5.41) is 10.3. The summed E-state index contributed by atoms with van der Waals surface area (Å²) in [6.45, 7) is 6.74. The minimum atomic E-state index is -0.688. The summed E-state index contributed by atoms with van der Waals surface area (Å²) in [5.41, 5.74) is 2.20. The van der Waals surface area contributed by atoms with Gasteiger partial charge in [-0.05, 0) is 45.1 Å². The highest BCUT2D eigenvalue weighted by Crippen LogP contribution is 2.18. The van der Waals surface area contributed by atoms with Crippen molar-refractivity contribution < 1.29 is 8.78 Å². The molecule has 0 spiro atoms. The number of benzene rings is 1. The SMILES string of the molecule is CCn1ncc(C(C)NC(=S)Nc2ccc(F)cc2F)c1C. The second-order valence-electron chi connectivity index (χ2n) is 4.95. The number of nitrogens with zero attached hydrogens (tertiary/aromatic N) is 2. The predicted octanol–water partition coefficient (Wildman–Crippen LogP) is 3.54. The standard InChI is InChI=1S/C15H18F2N4S/c1-4-21-10(3)12(8-18-21)9(2)19-15(22)20-14-6-5-11(16)7-13(14)17/h5-9H,4H2,1-3H3,(H2,19,20,22). The number of nitrogens with one attached hydrogen (secondary N) is 2. The van der Waals surface area contributed by atoms with E-state index in [1.54, 1.807) is 6.20 Å². The molecule has 1 aromatic carbocycles. The third-order valence-electron chi connectivity index (χ3n) is 3.43. The zero-order valence-electron chi connectivity index (χ0n) is 12.7. The van der Waals surface area contributed by atoms with Crippen LogP contribution in [0, 0.1) is 18.6 Å². The van der Waals surface area contributed by atoms with E-state index in [0.717, 1.165) is 23.9 Å². The molecular weight excluding hydrogens is 306 g/mol. The first-order chi connectivity index (χ1) is 10.4. The van der Waals surface area contributed by atoms with Gasteiger partial charge in [0.15, 0.2) is 5.11 Å². The van der Waals surface area contributed by atoms with E-state index < -0.39 is 11.6 Å². The lowest BCUT2D eigenvalue weighted by Gasteiger charge is -2.17. The van der Waals surface area contributed by atoms with E-state index in [1.165, 1.54) is 12.1 Å². The summed E-state index contributed by atoms with van der Waals surface area (Å²) >= 11 is 5.17. The smallest absolute Gasteiger partial charge is 0.171 e. The topological polar surface area (TPSA) is 41.9 Å². The molecule has 118 valence electrons. The quantitative estimate of drug-likeness (QED) is 0.844. The predicted molar refractivity (Wildman–Crippen MR) is 86.8 cm³/mol. The van der Waals surface area contributed by atoms with Crippen LogP contribution < -0.4 is 10.6 Å².